The highest BCUT2D eigenvalue weighted by Gasteiger charge is 2.51. The molecule has 3 aliphatic rings. The summed E-state index contributed by atoms with van der Waals surface area (Å²) in [6.07, 6.45) is 6.43. The topological polar surface area (TPSA) is 111 Å². The lowest BCUT2D eigenvalue weighted by Gasteiger charge is -2.42. The third-order valence-corrected chi connectivity index (χ3v) is 12.1. The van der Waals surface area contributed by atoms with Crippen molar-refractivity contribution in [2.24, 2.45) is 5.41 Å². The van der Waals surface area contributed by atoms with Crippen LogP contribution in [0.25, 0.3) is 5.57 Å². The molecule has 1 heterocycles. The Bertz CT molecular complexity index is 1620. The molecule has 1 spiro atoms. The second kappa shape index (κ2) is 15.6. The molecule has 51 heavy (non-hydrogen) atoms. The van der Waals surface area contributed by atoms with Gasteiger partial charge in [-0.2, -0.15) is 0 Å². The summed E-state index contributed by atoms with van der Waals surface area (Å²) in [6.45, 7) is 18.5. The highest BCUT2D eigenvalue weighted by atomic mass is 16.5. The van der Waals surface area contributed by atoms with Gasteiger partial charge in [-0.25, -0.2) is 0 Å². The number of aryl methyl sites for hydroxylation is 6. The van der Waals surface area contributed by atoms with E-state index < -0.39 is 11.0 Å². The summed E-state index contributed by atoms with van der Waals surface area (Å²) in [4.78, 5) is 38.5. The molecule has 0 aromatic heterocycles. The zero-order valence-corrected chi connectivity index (χ0v) is 33.0. The largest absolute Gasteiger partial charge is 0.509 e. The minimum absolute atomic E-state index is 0.110. The molecule has 2 N–H and O–H groups in total. The van der Waals surface area contributed by atoms with E-state index in [0.29, 0.717) is 44.3 Å². The van der Waals surface area contributed by atoms with Gasteiger partial charge in [0.25, 0.3) is 5.91 Å². The van der Waals surface area contributed by atoms with E-state index in [1.807, 2.05) is 41.5 Å². The Kier molecular flexibility index (Phi) is 12.3. The Hall–Kier alpha value is -3.49. The maximum atomic E-state index is 13.0. The number of hydrogen-bond donors (Lipinski definition) is 2. The molecule has 2 aromatic carbocycles. The molecule has 8 heteroatoms. The third-order valence-electron chi connectivity index (χ3n) is 12.1. The smallest absolute Gasteiger partial charge is 0.312 e. The standard InChI is InChI=1S/C23H34O4.C20H27NO3/c1-7-27-21(25)23(10-8-22(5,26-6)9-11-23)15-19(24)14-20-17(3)12-16(2)13-18(20)4;1-12-10-13(2)15(14(3)11-12)16-17(22)20(21-18(16)23)8-6-19(4,24-5)7-9-20/h12-13H,7-11,14-15H2,1-6H3;10-11,22H,6-9H2,1-5H3,(H,21,23). The fraction of sp³-hybridized carbons (Fsp3) is 0.605. The summed E-state index contributed by atoms with van der Waals surface area (Å²) in [5.41, 5.74) is 7.37. The predicted octanol–water partition coefficient (Wildman–Crippen LogP) is 8.37. The van der Waals surface area contributed by atoms with E-state index in [1.165, 1.54) is 5.56 Å². The van der Waals surface area contributed by atoms with Crippen molar-refractivity contribution in [3.63, 3.8) is 0 Å². The lowest BCUT2D eigenvalue weighted by molar-refractivity contribution is -0.164. The number of ketones is 1. The van der Waals surface area contributed by atoms with Crippen LogP contribution >= 0.6 is 0 Å². The fourth-order valence-electron chi connectivity index (χ4n) is 8.59. The van der Waals surface area contributed by atoms with Gasteiger partial charge >= 0.3 is 5.97 Å². The van der Waals surface area contributed by atoms with Crippen LogP contribution in [-0.2, 0) is 35.0 Å². The van der Waals surface area contributed by atoms with Crippen LogP contribution in [0, 0.1) is 47.0 Å². The van der Waals surface area contributed by atoms with Gasteiger partial charge in [-0.15, -0.1) is 0 Å². The van der Waals surface area contributed by atoms with E-state index in [2.05, 4.69) is 50.4 Å². The second-order valence-corrected chi connectivity index (χ2v) is 16.1. The zero-order chi connectivity index (χ0) is 37.9. The molecular weight excluding hydrogens is 642 g/mol. The van der Waals surface area contributed by atoms with Gasteiger partial charge in [-0.1, -0.05) is 35.4 Å². The van der Waals surface area contributed by atoms with Crippen molar-refractivity contribution in [2.75, 3.05) is 20.8 Å². The number of carbonyl (C=O) groups excluding carboxylic acids is 3. The summed E-state index contributed by atoms with van der Waals surface area (Å²) in [6, 6.07) is 8.34. The number of hydrogen-bond acceptors (Lipinski definition) is 7. The molecule has 2 aromatic rings. The van der Waals surface area contributed by atoms with E-state index in [0.717, 1.165) is 64.6 Å². The molecule has 5 rings (SSSR count). The van der Waals surface area contributed by atoms with Crippen LogP contribution < -0.4 is 5.32 Å². The molecule has 8 nitrogen and oxygen atoms in total. The Morgan fingerprint density at radius 3 is 1.65 bits per heavy atom. The zero-order valence-electron chi connectivity index (χ0n) is 33.0. The van der Waals surface area contributed by atoms with Crippen LogP contribution in [-0.4, -0.2) is 60.3 Å². The van der Waals surface area contributed by atoms with Crippen molar-refractivity contribution in [3.05, 3.63) is 74.5 Å². The lowest BCUT2D eigenvalue weighted by atomic mass is 9.66. The number of benzene rings is 2. The number of esters is 1. The molecule has 1 aliphatic heterocycles. The molecule has 2 saturated carbocycles. The number of ether oxygens (including phenoxy) is 3. The SMILES string of the molecule is CCOC(=O)C1(CC(=O)Cc2c(C)cc(C)cc2C)CCC(C)(OC)CC1.COC1(C)CCC2(CC1)NC(=O)C(c1c(C)cc(C)cc1C)=C2O. The molecule has 1 amide bonds. The first kappa shape index (κ1) is 40.3. The predicted molar refractivity (Wildman–Crippen MR) is 202 cm³/mol. The van der Waals surface area contributed by atoms with Crippen molar-refractivity contribution in [2.45, 2.75) is 143 Å². The van der Waals surface area contributed by atoms with Crippen LogP contribution in [0.15, 0.2) is 30.0 Å². The maximum absolute atomic E-state index is 13.0. The molecule has 0 radical (unpaired) electrons. The van der Waals surface area contributed by atoms with E-state index in [-0.39, 0.29) is 41.0 Å². The first-order valence-electron chi connectivity index (χ1n) is 18.6. The van der Waals surface area contributed by atoms with Crippen molar-refractivity contribution in [3.8, 4) is 0 Å². The maximum Gasteiger partial charge on any atom is 0.312 e. The van der Waals surface area contributed by atoms with Crippen LogP contribution in [0.3, 0.4) is 0 Å². The number of aliphatic hydroxyl groups excluding tert-OH is 1. The van der Waals surface area contributed by atoms with Gasteiger partial charge in [0, 0.05) is 27.1 Å². The Morgan fingerprint density at radius 1 is 0.745 bits per heavy atom. The van der Waals surface area contributed by atoms with Crippen molar-refractivity contribution >= 4 is 23.2 Å². The van der Waals surface area contributed by atoms with Gasteiger partial charge in [-0.05, 0) is 147 Å². The second-order valence-electron chi connectivity index (χ2n) is 16.1. The molecule has 0 unspecified atom stereocenters. The van der Waals surface area contributed by atoms with Gasteiger partial charge in [0.15, 0.2) is 0 Å². The van der Waals surface area contributed by atoms with Crippen LogP contribution in [0.2, 0.25) is 0 Å². The summed E-state index contributed by atoms with van der Waals surface area (Å²) < 4.78 is 16.6. The monoisotopic (exact) mass is 703 g/mol. The van der Waals surface area contributed by atoms with Gasteiger partial charge < -0.3 is 24.6 Å². The van der Waals surface area contributed by atoms with Crippen LogP contribution in [0.4, 0.5) is 0 Å². The third kappa shape index (κ3) is 8.60. The van der Waals surface area contributed by atoms with E-state index in [9.17, 15) is 19.5 Å². The van der Waals surface area contributed by atoms with Gasteiger partial charge in [0.2, 0.25) is 0 Å². The summed E-state index contributed by atoms with van der Waals surface area (Å²) >= 11 is 0. The lowest BCUT2D eigenvalue weighted by Crippen LogP contribution is -2.51. The van der Waals surface area contributed by atoms with Gasteiger partial charge in [0.05, 0.1) is 34.3 Å². The highest BCUT2D eigenvalue weighted by molar-refractivity contribution is 6.24. The average Bonchev–Trinajstić information content (AvgIpc) is 3.30. The van der Waals surface area contributed by atoms with E-state index >= 15 is 0 Å². The summed E-state index contributed by atoms with van der Waals surface area (Å²) in [5.74, 6) is -0.0720. The normalized spacial score (nSPS) is 27.5. The van der Waals surface area contributed by atoms with Crippen molar-refractivity contribution in [1.82, 2.24) is 5.32 Å². The number of amides is 1. The molecule has 2 fully saturated rings. The fourth-order valence-corrected chi connectivity index (χ4v) is 8.59. The van der Waals surface area contributed by atoms with E-state index in [4.69, 9.17) is 14.2 Å². The quantitative estimate of drug-likeness (QED) is 0.253. The van der Waals surface area contributed by atoms with Crippen molar-refractivity contribution in [1.29, 1.82) is 0 Å². The van der Waals surface area contributed by atoms with Gasteiger partial charge in [0.1, 0.15) is 11.5 Å². The number of methoxy groups -OCH3 is 2. The molecule has 2 aliphatic carbocycles. The Labute approximate surface area is 305 Å². The molecule has 0 saturated heterocycles. The minimum atomic E-state index is -0.711. The first-order chi connectivity index (χ1) is 23.9. The van der Waals surface area contributed by atoms with Crippen LogP contribution in [0.5, 0.6) is 0 Å². The number of aliphatic hydroxyl groups is 1. The molecule has 0 bridgehead atoms. The summed E-state index contributed by atoms with van der Waals surface area (Å²) in [5, 5.41) is 14.1. The van der Waals surface area contributed by atoms with Crippen LogP contribution in [0.1, 0.15) is 123 Å². The number of rotatable bonds is 9. The summed E-state index contributed by atoms with van der Waals surface area (Å²) in [7, 11) is 3.44. The molecule has 280 valence electrons. The Morgan fingerprint density at radius 2 is 1.20 bits per heavy atom. The van der Waals surface area contributed by atoms with E-state index in [1.54, 1.807) is 14.2 Å². The molecule has 0 atom stereocenters. The highest BCUT2D eigenvalue weighted by Crippen LogP contribution is 2.47. The van der Waals surface area contributed by atoms with Gasteiger partial charge in [-0.3, -0.25) is 14.4 Å². The minimum Gasteiger partial charge on any atom is -0.509 e. The molecular formula is C43H61NO7. The number of Topliss-reactive ketones (excluding diaryl/α,β-unsaturated/α-hetero) is 1. The first-order valence-corrected chi connectivity index (χ1v) is 18.6. The number of carbonyl (C=O) groups is 3. The van der Waals surface area contributed by atoms with Crippen molar-refractivity contribution < 1.29 is 33.7 Å². The Balaban J connectivity index is 0.000000230. The average molecular weight is 704 g/mol. The number of nitrogens with one attached hydrogen (secondary N) is 1.